The van der Waals surface area contributed by atoms with Crippen LogP contribution in [0.1, 0.15) is 43.9 Å². The Kier molecular flexibility index (Phi) is 7.11. The molecule has 0 bridgehead atoms. The zero-order chi connectivity index (χ0) is 19.8. The SMILES string of the molecule is CC(=O)NCC(=O)N[C@@H](C(=O)Nc1ccc(C(C)C)cc1)c1ccccc1. The van der Waals surface area contributed by atoms with E-state index in [1.165, 1.54) is 12.5 Å². The quantitative estimate of drug-likeness (QED) is 0.703. The Balaban J connectivity index is 2.13. The molecule has 2 aromatic rings. The summed E-state index contributed by atoms with van der Waals surface area (Å²) < 4.78 is 0. The largest absolute Gasteiger partial charge is 0.347 e. The van der Waals surface area contributed by atoms with Crippen molar-refractivity contribution in [1.82, 2.24) is 10.6 Å². The summed E-state index contributed by atoms with van der Waals surface area (Å²) in [4.78, 5) is 35.9. The van der Waals surface area contributed by atoms with Crippen LogP contribution < -0.4 is 16.0 Å². The van der Waals surface area contributed by atoms with Crippen LogP contribution in [0.5, 0.6) is 0 Å². The van der Waals surface area contributed by atoms with Crippen molar-refractivity contribution < 1.29 is 14.4 Å². The smallest absolute Gasteiger partial charge is 0.251 e. The van der Waals surface area contributed by atoms with E-state index < -0.39 is 11.9 Å². The predicted octanol–water partition coefficient (Wildman–Crippen LogP) is 2.74. The number of hydrogen-bond acceptors (Lipinski definition) is 3. The Labute approximate surface area is 159 Å². The fourth-order valence-corrected chi connectivity index (χ4v) is 2.53. The molecular weight excluding hydrogens is 342 g/mol. The molecule has 0 aliphatic heterocycles. The highest BCUT2D eigenvalue weighted by Gasteiger charge is 2.22. The topological polar surface area (TPSA) is 87.3 Å². The molecule has 2 rings (SSSR count). The van der Waals surface area contributed by atoms with Crippen LogP contribution >= 0.6 is 0 Å². The van der Waals surface area contributed by atoms with Crippen molar-refractivity contribution in [2.45, 2.75) is 32.7 Å². The van der Waals surface area contributed by atoms with Gasteiger partial charge < -0.3 is 16.0 Å². The molecule has 0 heterocycles. The Morgan fingerprint density at radius 2 is 1.52 bits per heavy atom. The molecular formula is C21H25N3O3. The third-order valence-electron chi connectivity index (χ3n) is 4.04. The standard InChI is InChI=1S/C21H25N3O3/c1-14(2)16-9-11-18(12-10-16)23-21(27)20(17-7-5-4-6-8-17)24-19(26)13-22-15(3)25/h4-12,14,20H,13H2,1-3H3,(H,22,25)(H,23,27)(H,24,26)/t20-/m1/s1. The van der Waals surface area contributed by atoms with E-state index in [1.807, 2.05) is 30.3 Å². The second kappa shape index (κ2) is 9.52. The van der Waals surface area contributed by atoms with E-state index >= 15 is 0 Å². The number of rotatable bonds is 7. The highest BCUT2D eigenvalue weighted by molar-refractivity contribution is 5.98. The van der Waals surface area contributed by atoms with Gasteiger partial charge in [-0.1, -0.05) is 56.3 Å². The van der Waals surface area contributed by atoms with Crippen LogP contribution in [-0.2, 0) is 14.4 Å². The van der Waals surface area contributed by atoms with Crippen LogP contribution in [0.25, 0.3) is 0 Å². The molecule has 0 aliphatic carbocycles. The summed E-state index contributed by atoms with van der Waals surface area (Å²) in [5.41, 5.74) is 2.49. The molecule has 0 unspecified atom stereocenters. The van der Waals surface area contributed by atoms with E-state index in [2.05, 4.69) is 29.8 Å². The molecule has 142 valence electrons. The van der Waals surface area contributed by atoms with Gasteiger partial charge in [0, 0.05) is 12.6 Å². The molecule has 1 atom stereocenters. The van der Waals surface area contributed by atoms with Gasteiger partial charge >= 0.3 is 0 Å². The number of anilines is 1. The molecule has 0 spiro atoms. The van der Waals surface area contributed by atoms with E-state index in [4.69, 9.17) is 0 Å². The molecule has 2 aromatic carbocycles. The summed E-state index contributed by atoms with van der Waals surface area (Å²) in [6, 6.07) is 15.7. The third-order valence-corrected chi connectivity index (χ3v) is 4.04. The van der Waals surface area contributed by atoms with Crippen LogP contribution in [0.3, 0.4) is 0 Å². The normalized spacial score (nSPS) is 11.6. The Morgan fingerprint density at radius 3 is 2.07 bits per heavy atom. The first-order valence-electron chi connectivity index (χ1n) is 8.86. The van der Waals surface area contributed by atoms with E-state index in [0.717, 1.165) is 0 Å². The lowest BCUT2D eigenvalue weighted by molar-refractivity contribution is -0.127. The van der Waals surface area contributed by atoms with E-state index in [-0.39, 0.29) is 18.4 Å². The average molecular weight is 367 g/mol. The lowest BCUT2D eigenvalue weighted by atomic mass is 10.0. The zero-order valence-corrected chi connectivity index (χ0v) is 15.8. The minimum atomic E-state index is -0.864. The molecule has 0 aromatic heterocycles. The number of benzene rings is 2. The van der Waals surface area contributed by atoms with Gasteiger partial charge in [-0.3, -0.25) is 14.4 Å². The van der Waals surface area contributed by atoms with Crippen LogP contribution in [0, 0.1) is 0 Å². The summed E-state index contributed by atoms with van der Waals surface area (Å²) in [5.74, 6) is -0.699. The zero-order valence-electron chi connectivity index (χ0n) is 15.8. The lowest BCUT2D eigenvalue weighted by Gasteiger charge is -2.19. The molecule has 6 nitrogen and oxygen atoms in total. The van der Waals surface area contributed by atoms with Crippen molar-refractivity contribution in [2.75, 3.05) is 11.9 Å². The summed E-state index contributed by atoms with van der Waals surface area (Å²) in [5, 5.41) is 7.93. The number of amides is 3. The molecule has 0 saturated carbocycles. The van der Waals surface area contributed by atoms with E-state index in [9.17, 15) is 14.4 Å². The van der Waals surface area contributed by atoms with Crippen LogP contribution in [0.15, 0.2) is 54.6 Å². The monoisotopic (exact) mass is 367 g/mol. The molecule has 0 fully saturated rings. The van der Waals surface area contributed by atoms with Gasteiger partial charge in [-0.05, 0) is 29.2 Å². The maximum atomic E-state index is 12.8. The highest BCUT2D eigenvalue weighted by atomic mass is 16.2. The van der Waals surface area contributed by atoms with Crippen LogP contribution in [0.2, 0.25) is 0 Å². The van der Waals surface area contributed by atoms with E-state index in [1.54, 1.807) is 24.3 Å². The first-order chi connectivity index (χ1) is 12.9. The molecule has 3 amide bonds. The second-order valence-electron chi connectivity index (χ2n) is 6.59. The maximum absolute atomic E-state index is 12.8. The summed E-state index contributed by atoms with van der Waals surface area (Å²) in [6.07, 6.45) is 0. The maximum Gasteiger partial charge on any atom is 0.251 e. The van der Waals surface area contributed by atoms with Gasteiger partial charge in [0.15, 0.2) is 0 Å². The number of hydrogen-bond donors (Lipinski definition) is 3. The molecule has 27 heavy (non-hydrogen) atoms. The lowest BCUT2D eigenvalue weighted by Crippen LogP contribution is -2.42. The first-order valence-corrected chi connectivity index (χ1v) is 8.86. The second-order valence-corrected chi connectivity index (χ2v) is 6.59. The van der Waals surface area contributed by atoms with Gasteiger partial charge in [0.2, 0.25) is 11.8 Å². The highest BCUT2D eigenvalue weighted by Crippen LogP contribution is 2.19. The summed E-state index contributed by atoms with van der Waals surface area (Å²) in [7, 11) is 0. The van der Waals surface area contributed by atoms with Crippen LogP contribution in [-0.4, -0.2) is 24.3 Å². The van der Waals surface area contributed by atoms with Gasteiger partial charge in [0.05, 0.1) is 6.54 Å². The summed E-state index contributed by atoms with van der Waals surface area (Å²) in [6.45, 7) is 5.35. The molecule has 0 saturated heterocycles. The van der Waals surface area contributed by atoms with Gasteiger partial charge in [-0.25, -0.2) is 0 Å². The van der Waals surface area contributed by atoms with Crippen molar-refractivity contribution in [3.05, 3.63) is 65.7 Å². The number of carbonyl (C=O) groups is 3. The van der Waals surface area contributed by atoms with Crippen molar-refractivity contribution in [2.24, 2.45) is 0 Å². The fraction of sp³-hybridized carbons (Fsp3) is 0.286. The minimum absolute atomic E-state index is 0.185. The predicted molar refractivity (Wildman–Crippen MR) is 105 cm³/mol. The molecule has 3 N–H and O–H groups in total. The van der Waals surface area contributed by atoms with Gasteiger partial charge in [-0.15, -0.1) is 0 Å². The Morgan fingerprint density at radius 1 is 0.889 bits per heavy atom. The van der Waals surface area contributed by atoms with Crippen LogP contribution in [0.4, 0.5) is 5.69 Å². The summed E-state index contributed by atoms with van der Waals surface area (Å²) >= 11 is 0. The van der Waals surface area contributed by atoms with Gasteiger partial charge in [-0.2, -0.15) is 0 Å². The average Bonchev–Trinajstić information content (AvgIpc) is 2.65. The Hall–Kier alpha value is -3.15. The van der Waals surface area contributed by atoms with Gasteiger partial charge in [0.25, 0.3) is 5.91 Å². The van der Waals surface area contributed by atoms with Crippen molar-refractivity contribution in [1.29, 1.82) is 0 Å². The van der Waals surface area contributed by atoms with E-state index in [0.29, 0.717) is 17.2 Å². The molecule has 6 heteroatoms. The third kappa shape index (κ3) is 6.26. The minimum Gasteiger partial charge on any atom is -0.347 e. The van der Waals surface area contributed by atoms with Crippen molar-refractivity contribution in [3.63, 3.8) is 0 Å². The molecule has 0 radical (unpaired) electrons. The Bertz CT molecular complexity index is 786. The fourth-order valence-electron chi connectivity index (χ4n) is 2.53. The van der Waals surface area contributed by atoms with Crippen molar-refractivity contribution >= 4 is 23.4 Å². The first kappa shape index (κ1) is 20.2. The number of nitrogens with one attached hydrogen (secondary N) is 3. The molecule has 0 aliphatic rings. The number of carbonyl (C=O) groups excluding carboxylic acids is 3. The van der Waals surface area contributed by atoms with Gasteiger partial charge in [0.1, 0.15) is 6.04 Å². The van der Waals surface area contributed by atoms with Crippen molar-refractivity contribution in [3.8, 4) is 0 Å².